The molecule has 1 aliphatic carbocycles. The van der Waals surface area contributed by atoms with Gasteiger partial charge in [0.2, 0.25) is 0 Å². The number of hydrogen-bond acceptors (Lipinski definition) is 3. The molecule has 1 heterocycles. The molecule has 88 valence electrons. The zero-order chi connectivity index (χ0) is 10.7. The van der Waals surface area contributed by atoms with Crippen LogP contribution in [-0.4, -0.2) is 47.8 Å². The summed E-state index contributed by atoms with van der Waals surface area (Å²) in [7, 11) is 0. The predicted molar refractivity (Wildman–Crippen MR) is 61.9 cm³/mol. The van der Waals surface area contributed by atoms with Crippen molar-refractivity contribution in [1.29, 1.82) is 0 Å². The molecule has 3 unspecified atom stereocenters. The van der Waals surface area contributed by atoms with E-state index in [1.54, 1.807) is 0 Å². The number of nitrogens with one attached hydrogen (secondary N) is 1. The van der Waals surface area contributed by atoms with Gasteiger partial charge in [0.15, 0.2) is 0 Å². The maximum absolute atomic E-state index is 9.98. The van der Waals surface area contributed by atoms with Crippen molar-refractivity contribution >= 4 is 0 Å². The van der Waals surface area contributed by atoms with Crippen LogP contribution >= 0.6 is 0 Å². The quantitative estimate of drug-likeness (QED) is 0.729. The second-order valence-corrected chi connectivity index (χ2v) is 4.95. The average molecular weight is 212 g/mol. The summed E-state index contributed by atoms with van der Waals surface area (Å²) in [5, 5.41) is 13.4. The highest BCUT2D eigenvalue weighted by Crippen LogP contribution is 2.27. The maximum atomic E-state index is 9.98. The van der Waals surface area contributed by atoms with Crippen LogP contribution in [0.4, 0.5) is 0 Å². The van der Waals surface area contributed by atoms with E-state index in [1.807, 2.05) is 0 Å². The second kappa shape index (κ2) is 5.28. The first-order chi connectivity index (χ1) is 7.33. The smallest absolute Gasteiger partial charge is 0.0695 e. The first-order valence-corrected chi connectivity index (χ1v) is 6.47. The van der Waals surface area contributed by atoms with E-state index in [2.05, 4.69) is 17.1 Å². The standard InChI is InChI=1S/C12H24N2O/c1-2-8-14(10-6-7-13-9-10)11-4-3-5-12(11)15/h10-13,15H,2-9H2,1H3. The third-order valence-corrected chi connectivity index (χ3v) is 3.86. The SMILES string of the molecule is CCCN(C1CCNC1)C1CCCC1O. The van der Waals surface area contributed by atoms with E-state index >= 15 is 0 Å². The molecule has 2 aliphatic rings. The van der Waals surface area contributed by atoms with Crippen LogP contribution in [0.3, 0.4) is 0 Å². The van der Waals surface area contributed by atoms with Gasteiger partial charge in [0.25, 0.3) is 0 Å². The van der Waals surface area contributed by atoms with E-state index in [4.69, 9.17) is 0 Å². The molecule has 3 atom stereocenters. The Bertz CT molecular complexity index is 192. The van der Waals surface area contributed by atoms with E-state index in [1.165, 1.54) is 25.7 Å². The summed E-state index contributed by atoms with van der Waals surface area (Å²) in [6.07, 6.45) is 5.77. The summed E-state index contributed by atoms with van der Waals surface area (Å²) in [5.74, 6) is 0. The zero-order valence-electron chi connectivity index (χ0n) is 9.78. The fourth-order valence-corrected chi connectivity index (χ4v) is 3.11. The van der Waals surface area contributed by atoms with Crippen LogP contribution in [0.5, 0.6) is 0 Å². The van der Waals surface area contributed by atoms with Crippen molar-refractivity contribution in [1.82, 2.24) is 10.2 Å². The molecule has 3 nitrogen and oxygen atoms in total. The van der Waals surface area contributed by atoms with Crippen molar-refractivity contribution in [2.24, 2.45) is 0 Å². The zero-order valence-corrected chi connectivity index (χ0v) is 9.78. The first kappa shape index (κ1) is 11.4. The summed E-state index contributed by atoms with van der Waals surface area (Å²) in [5.41, 5.74) is 0. The van der Waals surface area contributed by atoms with Gasteiger partial charge in [-0.25, -0.2) is 0 Å². The van der Waals surface area contributed by atoms with Crippen LogP contribution in [0.25, 0.3) is 0 Å². The summed E-state index contributed by atoms with van der Waals surface area (Å²) in [6, 6.07) is 1.11. The van der Waals surface area contributed by atoms with Crippen molar-refractivity contribution in [2.45, 2.75) is 57.2 Å². The molecular formula is C12H24N2O. The van der Waals surface area contributed by atoms with Crippen LogP contribution in [0.1, 0.15) is 39.0 Å². The van der Waals surface area contributed by atoms with Gasteiger partial charge in [0.1, 0.15) is 0 Å². The molecule has 0 aromatic carbocycles. The number of rotatable bonds is 4. The molecule has 3 heteroatoms. The molecule has 2 rings (SSSR count). The fraction of sp³-hybridized carbons (Fsp3) is 1.00. The molecule has 1 aliphatic heterocycles. The minimum Gasteiger partial charge on any atom is -0.391 e. The van der Waals surface area contributed by atoms with E-state index in [0.717, 1.165) is 26.1 Å². The van der Waals surface area contributed by atoms with Crippen molar-refractivity contribution in [3.05, 3.63) is 0 Å². The van der Waals surface area contributed by atoms with Crippen molar-refractivity contribution in [2.75, 3.05) is 19.6 Å². The molecule has 0 spiro atoms. The Kier molecular flexibility index (Phi) is 4.00. The fourth-order valence-electron chi connectivity index (χ4n) is 3.11. The van der Waals surface area contributed by atoms with Crippen LogP contribution in [0, 0.1) is 0 Å². The minimum absolute atomic E-state index is 0.0721. The van der Waals surface area contributed by atoms with Gasteiger partial charge in [-0.2, -0.15) is 0 Å². The Morgan fingerprint density at radius 1 is 1.33 bits per heavy atom. The lowest BCUT2D eigenvalue weighted by Crippen LogP contribution is -2.48. The highest BCUT2D eigenvalue weighted by molar-refractivity contribution is 4.91. The van der Waals surface area contributed by atoms with E-state index in [0.29, 0.717) is 12.1 Å². The van der Waals surface area contributed by atoms with Crippen LogP contribution in [0.2, 0.25) is 0 Å². The average Bonchev–Trinajstić information content (AvgIpc) is 2.85. The van der Waals surface area contributed by atoms with Gasteiger partial charge in [-0.1, -0.05) is 6.92 Å². The van der Waals surface area contributed by atoms with E-state index in [9.17, 15) is 5.11 Å². The van der Waals surface area contributed by atoms with Gasteiger partial charge in [0.05, 0.1) is 6.10 Å². The molecule has 2 N–H and O–H groups in total. The van der Waals surface area contributed by atoms with Gasteiger partial charge in [-0.05, 0) is 45.2 Å². The number of nitrogens with zero attached hydrogens (tertiary/aromatic N) is 1. The molecule has 0 aromatic heterocycles. The molecule has 15 heavy (non-hydrogen) atoms. The van der Waals surface area contributed by atoms with Gasteiger partial charge in [-0.15, -0.1) is 0 Å². The molecule has 0 radical (unpaired) electrons. The lowest BCUT2D eigenvalue weighted by atomic mass is 10.1. The predicted octanol–water partition coefficient (Wildman–Crippen LogP) is 0.974. The number of aliphatic hydroxyl groups is 1. The van der Waals surface area contributed by atoms with Crippen LogP contribution in [0.15, 0.2) is 0 Å². The Balaban J connectivity index is 1.97. The topological polar surface area (TPSA) is 35.5 Å². The maximum Gasteiger partial charge on any atom is 0.0695 e. The molecular weight excluding hydrogens is 188 g/mol. The van der Waals surface area contributed by atoms with E-state index < -0.39 is 0 Å². The summed E-state index contributed by atoms with van der Waals surface area (Å²) in [4.78, 5) is 2.57. The summed E-state index contributed by atoms with van der Waals surface area (Å²) < 4.78 is 0. The molecule has 1 saturated carbocycles. The summed E-state index contributed by atoms with van der Waals surface area (Å²) >= 11 is 0. The van der Waals surface area contributed by atoms with Crippen molar-refractivity contribution < 1.29 is 5.11 Å². The Labute approximate surface area is 92.8 Å². The largest absolute Gasteiger partial charge is 0.391 e. The van der Waals surface area contributed by atoms with Crippen LogP contribution < -0.4 is 5.32 Å². The van der Waals surface area contributed by atoms with Crippen molar-refractivity contribution in [3.8, 4) is 0 Å². The molecule has 0 aromatic rings. The number of hydrogen-bond donors (Lipinski definition) is 2. The third-order valence-electron chi connectivity index (χ3n) is 3.86. The molecule has 0 bridgehead atoms. The first-order valence-electron chi connectivity index (χ1n) is 6.47. The van der Waals surface area contributed by atoms with E-state index in [-0.39, 0.29) is 6.10 Å². The highest BCUT2D eigenvalue weighted by Gasteiger charge is 2.34. The minimum atomic E-state index is -0.0721. The van der Waals surface area contributed by atoms with Crippen molar-refractivity contribution in [3.63, 3.8) is 0 Å². The molecule has 2 fully saturated rings. The third kappa shape index (κ3) is 2.52. The Morgan fingerprint density at radius 2 is 2.20 bits per heavy atom. The highest BCUT2D eigenvalue weighted by atomic mass is 16.3. The Hall–Kier alpha value is -0.120. The van der Waals surface area contributed by atoms with Crippen LogP contribution in [-0.2, 0) is 0 Å². The van der Waals surface area contributed by atoms with Gasteiger partial charge < -0.3 is 10.4 Å². The normalized spacial score (nSPS) is 36.6. The number of aliphatic hydroxyl groups excluding tert-OH is 1. The molecule has 0 amide bonds. The molecule has 1 saturated heterocycles. The lowest BCUT2D eigenvalue weighted by molar-refractivity contribution is 0.0476. The monoisotopic (exact) mass is 212 g/mol. The second-order valence-electron chi connectivity index (χ2n) is 4.95. The van der Waals surface area contributed by atoms with Gasteiger partial charge in [0, 0.05) is 18.6 Å². The van der Waals surface area contributed by atoms with Gasteiger partial charge in [-0.3, -0.25) is 4.90 Å². The lowest BCUT2D eigenvalue weighted by Gasteiger charge is -2.35. The van der Waals surface area contributed by atoms with Gasteiger partial charge >= 0.3 is 0 Å². The summed E-state index contributed by atoms with van der Waals surface area (Å²) in [6.45, 7) is 5.64. The Morgan fingerprint density at radius 3 is 2.73 bits per heavy atom.